The van der Waals surface area contributed by atoms with Crippen molar-refractivity contribution in [3.05, 3.63) is 0 Å². The first-order chi connectivity index (χ1) is 4.91. The Morgan fingerprint density at radius 3 is 2.27 bits per heavy atom. The van der Waals surface area contributed by atoms with E-state index >= 15 is 0 Å². The fourth-order valence-corrected chi connectivity index (χ4v) is 0.934. The van der Waals surface area contributed by atoms with Crippen LogP contribution in [0.4, 0.5) is 0 Å². The predicted octanol–water partition coefficient (Wildman–Crippen LogP) is 1.98. The zero-order valence-electron chi connectivity index (χ0n) is 7.94. The van der Waals surface area contributed by atoms with Gasteiger partial charge in [0, 0.05) is 6.42 Å². The molecule has 1 aliphatic rings. The molecule has 1 heterocycles. The van der Waals surface area contributed by atoms with Crippen LogP contribution in [0.3, 0.4) is 0 Å². The van der Waals surface area contributed by atoms with Crippen molar-refractivity contribution in [2.24, 2.45) is 0 Å². The molecule has 0 N–H and O–H groups in total. The highest BCUT2D eigenvalue weighted by Gasteiger charge is 2.34. The minimum Gasteiger partial charge on any atom is -0.373 e. The first-order valence-electron chi connectivity index (χ1n) is 4.19. The predicted molar refractivity (Wildman–Crippen MR) is 44.7 cm³/mol. The van der Waals surface area contributed by atoms with Crippen molar-refractivity contribution in [3.8, 4) is 0 Å². The number of hydrogen-bond donors (Lipinski definition) is 0. The van der Waals surface area contributed by atoms with Crippen LogP contribution in [0.2, 0.25) is 0 Å². The van der Waals surface area contributed by atoms with Crippen LogP contribution in [0.1, 0.15) is 34.1 Å². The van der Waals surface area contributed by atoms with E-state index in [4.69, 9.17) is 9.47 Å². The highest BCUT2D eigenvalue weighted by atomic mass is 16.6. The summed E-state index contributed by atoms with van der Waals surface area (Å²) in [5.41, 5.74) is -0.0325. The molecule has 0 aromatic rings. The van der Waals surface area contributed by atoms with E-state index in [1.54, 1.807) is 0 Å². The second-order valence-corrected chi connectivity index (χ2v) is 4.45. The number of rotatable bonds is 2. The molecule has 1 atom stereocenters. The van der Waals surface area contributed by atoms with Gasteiger partial charge in [-0.3, -0.25) is 0 Å². The lowest BCUT2D eigenvalue weighted by molar-refractivity contribution is -0.188. The third-order valence-electron chi connectivity index (χ3n) is 1.89. The number of ether oxygens (including phenoxy) is 2. The first kappa shape index (κ1) is 9.01. The third-order valence-corrected chi connectivity index (χ3v) is 1.89. The molecule has 0 saturated carbocycles. The molecule has 11 heavy (non-hydrogen) atoms. The normalized spacial score (nSPS) is 31.6. The van der Waals surface area contributed by atoms with Crippen LogP contribution < -0.4 is 0 Å². The average Bonchev–Trinajstić information content (AvgIpc) is 1.77. The Hall–Kier alpha value is -0.0800. The standard InChI is InChI=1S/C9H18O2/c1-8(2,3)11-7-9(4)5-6-10-9/h5-7H2,1-4H3. The summed E-state index contributed by atoms with van der Waals surface area (Å²) < 4.78 is 11.0. The summed E-state index contributed by atoms with van der Waals surface area (Å²) in [6.45, 7) is 9.90. The molecule has 0 aliphatic carbocycles. The Bertz CT molecular complexity index is 131. The van der Waals surface area contributed by atoms with Gasteiger partial charge in [0.15, 0.2) is 0 Å². The van der Waals surface area contributed by atoms with Gasteiger partial charge in [-0.05, 0) is 27.7 Å². The number of hydrogen-bond acceptors (Lipinski definition) is 2. The summed E-state index contributed by atoms with van der Waals surface area (Å²) in [5, 5.41) is 0. The van der Waals surface area contributed by atoms with E-state index in [-0.39, 0.29) is 11.2 Å². The van der Waals surface area contributed by atoms with E-state index in [0.717, 1.165) is 19.6 Å². The second-order valence-electron chi connectivity index (χ2n) is 4.45. The summed E-state index contributed by atoms with van der Waals surface area (Å²) in [6, 6.07) is 0. The summed E-state index contributed by atoms with van der Waals surface area (Å²) in [7, 11) is 0. The van der Waals surface area contributed by atoms with Gasteiger partial charge in [-0.1, -0.05) is 0 Å². The lowest BCUT2D eigenvalue weighted by atomic mass is 9.98. The monoisotopic (exact) mass is 158 g/mol. The van der Waals surface area contributed by atoms with Crippen molar-refractivity contribution in [2.75, 3.05) is 13.2 Å². The summed E-state index contributed by atoms with van der Waals surface area (Å²) in [6.07, 6.45) is 1.13. The largest absolute Gasteiger partial charge is 0.373 e. The van der Waals surface area contributed by atoms with Crippen LogP contribution in [-0.2, 0) is 9.47 Å². The van der Waals surface area contributed by atoms with Gasteiger partial charge in [-0.15, -0.1) is 0 Å². The fourth-order valence-electron chi connectivity index (χ4n) is 0.934. The zero-order valence-corrected chi connectivity index (χ0v) is 7.94. The van der Waals surface area contributed by atoms with Gasteiger partial charge in [0.05, 0.1) is 24.4 Å². The quantitative estimate of drug-likeness (QED) is 0.611. The third kappa shape index (κ3) is 2.80. The molecule has 0 bridgehead atoms. The Balaban J connectivity index is 2.21. The van der Waals surface area contributed by atoms with E-state index in [0.29, 0.717) is 0 Å². The molecule has 0 amide bonds. The molecular weight excluding hydrogens is 140 g/mol. The maximum atomic E-state index is 5.61. The Kier molecular flexibility index (Phi) is 2.26. The first-order valence-corrected chi connectivity index (χ1v) is 4.19. The van der Waals surface area contributed by atoms with Gasteiger partial charge < -0.3 is 9.47 Å². The molecule has 1 saturated heterocycles. The van der Waals surface area contributed by atoms with Crippen LogP contribution in [0.15, 0.2) is 0 Å². The van der Waals surface area contributed by atoms with Crippen LogP contribution in [0.25, 0.3) is 0 Å². The average molecular weight is 158 g/mol. The summed E-state index contributed by atoms with van der Waals surface area (Å²) in [5.74, 6) is 0. The smallest absolute Gasteiger partial charge is 0.0909 e. The van der Waals surface area contributed by atoms with Crippen molar-refractivity contribution >= 4 is 0 Å². The molecule has 0 radical (unpaired) electrons. The second kappa shape index (κ2) is 2.76. The van der Waals surface area contributed by atoms with Crippen molar-refractivity contribution in [1.29, 1.82) is 0 Å². The van der Waals surface area contributed by atoms with E-state index < -0.39 is 0 Å². The molecule has 0 spiro atoms. The molecule has 1 unspecified atom stereocenters. The lowest BCUT2D eigenvalue weighted by Crippen LogP contribution is -2.46. The van der Waals surface area contributed by atoms with Gasteiger partial charge >= 0.3 is 0 Å². The molecule has 2 nitrogen and oxygen atoms in total. The molecule has 1 aliphatic heterocycles. The van der Waals surface area contributed by atoms with E-state index in [9.17, 15) is 0 Å². The van der Waals surface area contributed by atoms with Crippen molar-refractivity contribution in [2.45, 2.75) is 45.3 Å². The molecule has 0 aromatic carbocycles. The van der Waals surface area contributed by atoms with Crippen molar-refractivity contribution in [3.63, 3.8) is 0 Å². The van der Waals surface area contributed by atoms with Crippen LogP contribution in [0, 0.1) is 0 Å². The van der Waals surface area contributed by atoms with Crippen LogP contribution in [0.5, 0.6) is 0 Å². The van der Waals surface area contributed by atoms with E-state index in [1.165, 1.54) is 0 Å². The Morgan fingerprint density at radius 2 is 2.00 bits per heavy atom. The maximum Gasteiger partial charge on any atom is 0.0909 e. The Morgan fingerprint density at radius 1 is 1.45 bits per heavy atom. The topological polar surface area (TPSA) is 18.5 Å². The van der Waals surface area contributed by atoms with E-state index in [2.05, 4.69) is 27.7 Å². The van der Waals surface area contributed by atoms with Gasteiger partial charge in [-0.2, -0.15) is 0 Å². The van der Waals surface area contributed by atoms with Crippen LogP contribution >= 0.6 is 0 Å². The van der Waals surface area contributed by atoms with Gasteiger partial charge in [0.2, 0.25) is 0 Å². The van der Waals surface area contributed by atoms with Gasteiger partial charge in [0.1, 0.15) is 0 Å². The minimum atomic E-state index is -0.0397. The Labute approximate surface area is 68.9 Å². The zero-order chi connectivity index (χ0) is 8.54. The molecule has 66 valence electrons. The molecule has 2 heteroatoms. The highest BCUT2D eigenvalue weighted by Crippen LogP contribution is 2.27. The molecule has 1 rings (SSSR count). The minimum absolute atomic E-state index is 0.00722. The molecular formula is C9H18O2. The maximum absolute atomic E-state index is 5.61. The van der Waals surface area contributed by atoms with Gasteiger partial charge in [0.25, 0.3) is 0 Å². The van der Waals surface area contributed by atoms with Gasteiger partial charge in [-0.25, -0.2) is 0 Å². The van der Waals surface area contributed by atoms with Crippen molar-refractivity contribution in [1.82, 2.24) is 0 Å². The highest BCUT2D eigenvalue weighted by molar-refractivity contribution is 4.83. The lowest BCUT2D eigenvalue weighted by Gasteiger charge is -2.40. The molecule has 1 fully saturated rings. The van der Waals surface area contributed by atoms with E-state index in [1.807, 2.05) is 0 Å². The summed E-state index contributed by atoms with van der Waals surface area (Å²) >= 11 is 0. The fraction of sp³-hybridized carbons (Fsp3) is 1.00. The summed E-state index contributed by atoms with van der Waals surface area (Å²) in [4.78, 5) is 0. The molecule has 0 aromatic heterocycles. The SMILES string of the molecule is CC(C)(C)OCC1(C)CCO1. The van der Waals surface area contributed by atoms with Crippen LogP contribution in [-0.4, -0.2) is 24.4 Å². The van der Waals surface area contributed by atoms with Crippen molar-refractivity contribution < 1.29 is 9.47 Å².